The smallest absolute Gasteiger partial charge is 0.235 e. The van der Waals surface area contributed by atoms with Gasteiger partial charge in [-0.3, -0.25) is 9.69 Å². The number of aliphatic hydroxyl groups excluding tert-OH is 1. The molecule has 1 aliphatic rings. The zero-order valence-electron chi connectivity index (χ0n) is 17.9. The summed E-state index contributed by atoms with van der Waals surface area (Å²) in [6.45, 7) is 4.16. The van der Waals surface area contributed by atoms with Crippen LogP contribution in [0.15, 0.2) is 91.0 Å². The highest BCUT2D eigenvalue weighted by molar-refractivity contribution is 5.92. The molecule has 4 rings (SSSR count). The largest absolute Gasteiger partial charge is 0.392 e. The normalized spacial score (nSPS) is 17.9. The molecule has 160 valence electrons. The lowest BCUT2D eigenvalue weighted by atomic mass is 9.75. The minimum Gasteiger partial charge on any atom is -0.392 e. The SMILES string of the molecule is CC(C(=O)N[C@H](CN1CCC(O)C1)c1ccccc1)(c1ccccc1)c1ccccc1. The number of hydrogen-bond donors (Lipinski definition) is 2. The number of amides is 1. The van der Waals surface area contributed by atoms with Crippen LogP contribution < -0.4 is 5.32 Å². The highest BCUT2D eigenvalue weighted by atomic mass is 16.3. The molecule has 0 aromatic heterocycles. The van der Waals surface area contributed by atoms with Crippen LogP contribution in [0, 0.1) is 0 Å². The standard InChI is InChI=1S/C27H30N2O2/c1-27(22-13-7-3-8-14-22,23-15-9-4-10-16-23)26(31)28-25(21-11-5-2-6-12-21)20-29-18-17-24(30)19-29/h2-16,24-25,30H,17-20H2,1H3,(H,28,31)/t24?,25-/m1/s1. The number of carbonyl (C=O) groups is 1. The summed E-state index contributed by atoms with van der Waals surface area (Å²) in [4.78, 5) is 16.1. The Labute approximate surface area is 184 Å². The molecule has 0 saturated carbocycles. The molecule has 1 unspecified atom stereocenters. The topological polar surface area (TPSA) is 52.6 Å². The molecular formula is C27H30N2O2. The Kier molecular flexibility index (Phi) is 6.50. The molecule has 1 amide bonds. The van der Waals surface area contributed by atoms with Crippen molar-refractivity contribution in [1.29, 1.82) is 0 Å². The maximum Gasteiger partial charge on any atom is 0.235 e. The second-order valence-corrected chi connectivity index (χ2v) is 8.50. The molecular weight excluding hydrogens is 384 g/mol. The van der Waals surface area contributed by atoms with Gasteiger partial charge < -0.3 is 10.4 Å². The average molecular weight is 415 g/mol. The van der Waals surface area contributed by atoms with E-state index in [1.54, 1.807) is 0 Å². The molecule has 4 nitrogen and oxygen atoms in total. The molecule has 31 heavy (non-hydrogen) atoms. The molecule has 0 bridgehead atoms. The van der Waals surface area contributed by atoms with Crippen molar-refractivity contribution < 1.29 is 9.90 Å². The fourth-order valence-electron chi connectivity index (χ4n) is 4.43. The van der Waals surface area contributed by atoms with E-state index in [4.69, 9.17) is 0 Å². The van der Waals surface area contributed by atoms with Crippen LogP contribution in [0.1, 0.15) is 36.1 Å². The number of rotatable bonds is 7. The van der Waals surface area contributed by atoms with Gasteiger partial charge in [0.2, 0.25) is 5.91 Å². The lowest BCUT2D eigenvalue weighted by Crippen LogP contribution is -2.47. The summed E-state index contributed by atoms with van der Waals surface area (Å²) in [6, 6.07) is 29.8. The molecule has 0 radical (unpaired) electrons. The van der Waals surface area contributed by atoms with Crippen LogP contribution in [-0.4, -0.2) is 41.7 Å². The summed E-state index contributed by atoms with van der Waals surface area (Å²) in [6.07, 6.45) is 0.493. The van der Waals surface area contributed by atoms with Crippen molar-refractivity contribution in [2.75, 3.05) is 19.6 Å². The maximum atomic E-state index is 13.9. The summed E-state index contributed by atoms with van der Waals surface area (Å²) in [7, 11) is 0. The van der Waals surface area contributed by atoms with Crippen molar-refractivity contribution >= 4 is 5.91 Å². The number of nitrogens with one attached hydrogen (secondary N) is 1. The maximum absolute atomic E-state index is 13.9. The molecule has 1 fully saturated rings. The Balaban J connectivity index is 1.66. The number of benzene rings is 3. The van der Waals surface area contributed by atoms with Gasteiger partial charge in [-0.15, -0.1) is 0 Å². The summed E-state index contributed by atoms with van der Waals surface area (Å²) in [5, 5.41) is 13.3. The first-order valence-corrected chi connectivity index (χ1v) is 10.9. The molecule has 1 saturated heterocycles. The van der Waals surface area contributed by atoms with E-state index in [1.165, 1.54) is 0 Å². The van der Waals surface area contributed by atoms with Gasteiger partial charge >= 0.3 is 0 Å². The monoisotopic (exact) mass is 414 g/mol. The third-order valence-electron chi connectivity index (χ3n) is 6.35. The third kappa shape index (κ3) is 4.71. The lowest BCUT2D eigenvalue weighted by Gasteiger charge is -2.33. The predicted octanol–water partition coefficient (Wildman–Crippen LogP) is 3.92. The zero-order chi connectivity index (χ0) is 21.7. The second kappa shape index (κ2) is 9.46. The Morgan fingerprint density at radius 2 is 1.48 bits per heavy atom. The van der Waals surface area contributed by atoms with Gasteiger partial charge in [0.25, 0.3) is 0 Å². The summed E-state index contributed by atoms with van der Waals surface area (Å²) < 4.78 is 0. The summed E-state index contributed by atoms with van der Waals surface area (Å²) in [5.74, 6) is -0.0292. The number of likely N-dealkylation sites (tertiary alicyclic amines) is 1. The molecule has 4 heteroatoms. The van der Waals surface area contributed by atoms with Crippen LogP contribution in [-0.2, 0) is 10.2 Å². The van der Waals surface area contributed by atoms with E-state index in [9.17, 15) is 9.90 Å². The van der Waals surface area contributed by atoms with Crippen LogP contribution in [0.25, 0.3) is 0 Å². The molecule has 2 atom stereocenters. The minimum absolute atomic E-state index is 0.0292. The van der Waals surface area contributed by atoms with Crippen LogP contribution in [0.4, 0.5) is 0 Å². The fraction of sp³-hybridized carbons (Fsp3) is 0.296. The fourth-order valence-corrected chi connectivity index (χ4v) is 4.43. The van der Waals surface area contributed by atoms with E-state index in [1.807, 2.05) is 85.8 Å². The number of aliphatic hydroxyl groups is 1. The first-order valence-electron chi connectivity index (χ1n) is 10.9. The Bertz CT molecular complexity index is 936. The van der Waals surface area contributed by atoms with Gasteiger partial charge in [0.15, 0.2) is 0 Å². The number of hydrogen-bond acceptors (Lipinski definition) is 3. The predicted molar refractivity (Wildman–Crippen MR) is 124 cm³/mol. The number of carbonyl (C=O) groups excluding carboxylic acids is 1. The van der Waals surface area contributed by atoms with Crippen molar-refractivity contribution in [3.63, 3.8) is 0 Å². The van der Waals surface area contributed by atoms with Crippen LogP contribution in [0.3, 0.4) is 0 Å². The molecule has 3 aromatic rings. The van der Waals surface area contributed by atoms with E-state index in [0.717, 1.165) is 29.7 Å². The van der Waals surface area contributed by atoms with Gasteiger partial charge in [-0.05, 0) is 30.0 Å². The van der Waals surface area contributed by atoms with E-state index in [0.29, 0.717) is 13.1 Å². The first-order chi connectivity index (χ1) is 15.1. The third-order valence-corrected chi connectivity index (χ3v) is 6.35. The van der Waals surface area contributed by atoms with Crippen molar-refractivity contribution in [3.8, 4) is 0 Å². The molecule has 3 aromatic carbocycles. The Morgan fingerprint density at radius 1 is 0.968 bits per heavy atom. The Morgan fingerprint density at radius 3 is 1.97 bits per heavy atom. The van der Waals surface area contributed by atoms with Gasteiger partial charge in [-0.2, -0.15) is 0 Å². The molecule has 1 aliphatic heterocycles. The van der Waals surface area contributed by atoms with Crippen molar-refractivity contribution in [3.05, 3.63) is 108 Å². The van der Waals surface area contributed by atoms with Gasteiger partial charge in [-0.1, -0.05) is 91.0 Å². The van der Waals surface area contributed by atoms with Crippen molar-refractivity contribution in [1.82, 2.24) is 10.2 Å². The quantitative estimate of drug-likeness (QED) is 0.616. The first kappa shape index (κ1) is 21.3. The summed E-state index contributed by atoms with van der Waals surface area (Å²) in [5.41, 5.74) is 2.17. The minimum atomic E-state index is -0.819. The lowest BCUT2D eigenvalue weighted by molar-refractivity contribution is -0.125. The van der Waals surface area contributed by atoms with Crippen molar-refractivity contribution in [2.24, 2.45) is 0 Å². The molecule has 1 heterocycles. The van der Waals surface area contributed by atoms with E-state index < -0.39 is 5.41 Å². The van der Waals surface area contributed by atoms with E-state index >= 15 is 0 Å². The number of β-amino-alcohol motifs (C(OH)–C–C–N with tert-alkyl or cyclic N) is 1. The van der Waals surface area contributed by atoms with E-state index in [-0.39, 0.29) is 18.1 Å². The second-order valence-electron chi connectivity index (χ2n) is 8.50. The van der Waals surface area contributed by atoms with Crippen molar-refractivity contribution in [2.45, 2.75) is 30.9 Å². The van der Waals surface area contributed by atoms with Crippen LogP contribution in [0.5, 0.6) is 0 Å². The van der Waals surface area contributed by atoms with Crippen LogP contribution >= 0.6 is 0 Å². The van der Waals surface area contributed by atoms with Gasteiger partial charge in [-0.25, -0.2) is 0 Å². The molecule has 0 spiro atoms. The average Bonchev–Trinajstić information content (AvgIpc) is 3.24. The van der Waals surface area contributed by atoms with Crippen LogP contribution in [0.2, 0.25) is 0 Å². The summed E-state index contributed by atoms with van der Waals surface area (Å²) >= 11 is 0. The van der Waals surface area contributed by atoms with Gasteiger partial charge in [0.05, 0.1) is 17.6 Å². The highest BCUT2D eigenvalue weighted by Crippen LogP contribution is 2.33. The molecule has 0 aliphatic carbocycles. The molecule has 2 N–H and O–H groups in total. The zero-order valence-corrected chi connectivity index (χ0v) is 17.9. The highest BCUT2D eigenvalue weighted by Gasteiger charge is 2.38. The van der Waals surface area contributed by atoms with Gasteiger partial charge in [0.1, 0.15) is 0 Å². The number of nitrogens with zero attached hydrogens (tertiary/aromatic N) is 1. The Hall–Kier alpha value is -2.95. The van der Waals surface area contributed by atoms with Gasteiger partial charge in [0, 0.05) is 19.6 Å². The van der Waals surface area contributed by atoms with E-state index in [2.05, 4.69) is 22.3 Å².